The number of hydrogen-bond donors (Lipinski definition) is 1. The zero-order valence-corrected chi connectivity index (χ0v) is 31.8. The minimum Gasteiger partial charge on any atom is -0.481 e. The summed E-state index contributed by atoms with van der Waals surface area (Å²) in [6.07, 6.45) is 52.7. The van der Waals surface area contributed by atoms with Crippen LogP contribution >= 0.6 is 0 Å². The molecule has 0 aliphatic carbocycles. The van der Waals surface area contributed by atoms with Crippen LogP contribution in [0.15, 0.2) is 48.6 Å². The van der Waals surface area contributed by atoms with Gasteiger partial charge in [-0.15, -0.1) is 0 Å². The van der Waals surface area contributed by atoms with Crippen LogP contribution in [-0.2, 0) is 14.3 Å². The van der Waals surface area contributed by atoms with Gasteiger partial charge in [-0.2, -0.15) is 0 Å². The van der Waals surface area contributed by atoms with Gasteiger partial charge in [-0.3, -0.25) is 9.59 Å². The van der Waals surface area contributed by atoms with Crippen molar-refractivity contribution < 1.29 is 19.4 Å². The Morgan fingerprint density at radius 2 is 0.812 bits per heavy atom. The van der Waals surface area contributed by atoms with E-state index in [2.05, 4.69) is 62.5 Å². The number of carboxylic acids is 1. The molecule has 0 aliphatic heterocycles. The highest BCUT2D eigenvalue weighted by molar-refractivity contribution is 5.69. The van der Waals surface area contributed by atoms with E-state index >= 15 is 0 Å². The minimum atomic E-state index is -0.748. The van der Waals surface area contributed by atoms with Gasteiger partial charge in [0.2, 0.25) is 0 Å². The molecule has 1 unspecified atom stereocenters. The predicted molar refractivity (Wildman–Crippen MR) is 209 cm³/mol. The highest BCUT2D eigenvalue weighted by atomic mass is 16.5. The molecule has 48 heavy (non-hydrogen) atoms. The topological polar surface area (TPSA) is 63.6 Å². The molecule has 0 bridgehead atoms. The van der Waals surface area contributed by atoms with Gasteiger partial charge in [0.1, 0.15) is 6.10 Å². The van der Waals surface area contributed by atoms with Crippen LogP contribution in [0.2, 0.25) is 0 Å². The maximum Gasteiger partial charge on any atom is 0.306 e. The summed E-state index contributed by atoms with van der Waals surface area (Å²) in [4.78, 5) is 23.5. The number of carbonyl (C=O) groups is 2. The number of ether oxygens (including phenoxy) is 1. The van der Waals surface area contributed by atoms with Gasteiger partial charge < -0.3 is 9.84 Å². The molecule has 0 heterocycles. The van der Waals surface area contributed by atoms with Crippen LogP contribution in [-0.4, -0.2) is 23.1 Å². The van der Waals surface area contributed by atoms with Gasteiger partial charge in [0.05, 0.1) is 0 Å². The van der Waals surface area contributed by atoms with Crippen LogP contribution in [0.4, 0.5) is 0 Å². The van der Waals surface area contributed by atoms with Gasteiger partial charge in [0, 0.05) is 12.8 Å². The van der Waals surface area contributed by atoms with Crippen LogP contribution in [0, 0.1) is 0 Å². The van der Waals surface area contributed by atoms with Crippen molar-refractivity contribution in [1.82, 2.24) is 0 Å². The maximum atomic E-state index is 12.6. The molecule has 0 radical (unpaired) electrons. The van der Waals surface area contributed by atoms with Crippen molar-refractivity contribution >= 4 is 11.9 Å². The summed E-state index contributed by atoms with van der Waals surface area (Å²) in [6.45, 7) is 4.52. The van der Waals surface area contributed by atoms with Crippen molar-refractivity contribution in [3.63, 3.8) is 0 Å². The second-order valence-electron chi connectivity index (χ2n) is 13.8. The lowest BCUT2D eigenvalue weighted by Gasteiger charge is -2.18. The Kier molecular flexibility index (Phi) is 37.6. The van der Waals surface area contributed by atoms with E-state index in [1.165, 1.54) is 109 Å². The third kappa shape index (κ3) is 38.3. The molecule has 0 amide bonds. The first kappa shape index (κ1) is 45.9. The van der Waals surface area contributed by atoms with Crippen molar-refractivity contribution in [2.45, 2.75) is 219 Å². The highest BCUT2D eigenvalue weighted by Crippen LogP contribution is 2.18. The number of allylic oxidation sites excluding steroid dienone is 8. The first-order valence-electron chi connectivity index (χ1n) is 20.6. The molecule has 0 saturated heterocycles. The van der Waals surface area contributed by atoms with Crippen molar-refractivity contribution in [3.05, 3.63) is 48.6 Å². The Balaban J connectivity index is 3.95. The summed E-state index contributed by atoms with van der Waals surface area (Å²) in [5, 5.41) is 8.96. The molecular weight excluding hydrogens is 592 g/mol. The minimum absolute atomic E-state index is 0.0627. The van der Waals surface area contributed by atoms with Crippen molar-refractivity contribution in [1.29, 1.82) is 0 Å². The van der Waals surface area contributed by atoms with Gasteiger partial charge in [-0.05, 0) is 83.5 Å². The summed E-state index contributed by atoms with van der Waals surface area (Å²) in [5.74, 6) is -0.831. The fourth-order valence-corrected chi connectivity index (χ4v) is 5.99. The number of unbranched alkanes of at least 4 members (excludes halogenated alkanes) is 20. The van der Waals surface area contributed by atoms with Crippen LogP contribution in [0.5, 0.6) is 0 Å². The molecule has 0 aromatic carbocycles. The quantitative estimate of drug-likeness (QED) is 0.0406. The van der Waals surface area contributed by atoms with Crippen molar-refractivity contribution in [2.24, 2.45) is 0 Å². The zero-order chi connectivity index (χ0) is 35.0. The van der Waals surface area contributed by atoms with E-state index in [1.54, 1.807) is 0 Å². The normalized spacial score (nSPS) is 12.7. The lowest BCUT2D eigenvalue weighted by atomic mass is 10.0. The second kappa shape index (κ2) is 39.3. The van der Waals surface area contributed by atoms with E-state index in [4.69, 9.17) is 9.84 Å². The number of esters is 1. The van der Waals surface area contributed by atoms with E-state index in [0.29, 0.717) is 12.8 Å². The molecule has 4 nitrogen and oxygen atoms in total. The van der Waals surface area contributed by atoms with Gasteiger partial charge in [0.15, 0.2) is 0 Å². The number of hydrogen-bond acceptors (Lipinski definition) is 3. The summed E-state index contributed by atoms with van der Waals surface area (Å²) in [6, 6.07) is 0. The summed E-state index contributed by atoms with van der Waals surface area (Å²) in [5.41, 5.74) is 0. The van der Waals surface area contributed by atoms with Crippen LogP contribution in [0.25, 0.3) is 0 Å². The molecule has 0 rings (SSSR count). The average Bonchev–Trinajstić information content (AvgIpc) is 3.07. The standard InChI is InChI=1S/C44H78O4/c1-3-5-7-9-11-13-15-17-19-20-21-22-23-25-27-29-31-33-35-41-44(47)48-42(39-36-37-40-43(45)46)38-34-32-30-28-26-24-18-16-14-12-10-8-6-4-2/h11,13,17,19,21-22,25,27,42H,3-10,12,14-16,18,20,23-24,26,28-41H2,1-2H3,(H,45,46)/b13-11-,19-17-,22-21-,27-25-. The van der Waals surface area contributed by atoms with E-state index in [0.717, 1.165) is 70.6 Å². The Labute approximate surface area is 298 Å². The van der Waals surface area contributed by atoms with Crippen molar-refractivity contribution in [2.75, 3.05) is 0 Å². The van der Waals surface area contributed by atoms with Gasteiger partial charge in [-0.1, -0.05) is 165 Å². The Hall–Kier alpha value is -2.10. The number of aliphatic carboxylic acids is 1. The van der Waals surface area contributed by atoms with Crippen LogP contribution in [0.3, 0.4) is 0 Å². The Morgan fingerprint density at radius 3 is 1.29 bits per heavy atom. The number of carboxylic acid groups (broad SMARTS) is 1. The lowest BCUT2D eigenvalue weighted by Crippen LogP contribution is -2.18. The molecule has 4 heteroatoms. The highest BCUT2D eigenvalue weighted by Gasteiger charge is 2.14. The monoisotopic (exact) mass is 671 g/mol. The molecule has 0 saturated carbocycles. The smallest absolute Gasteiger partial charge is 0.306 e. The molecule has 1 atom stereocenters. The largest absolute Gasteiger partial charge is 0.481 e. The van der Waals surface area contributed by atoms with E-state index in [9.17, 15) is 9.59 Å². The lowest BCUT2D eigenvalue weighted by molar-refractivity contribution is -0.150. The first-order chi connectivity index (χ1) is 23.6. The summed E-state index contributed by atoms with van der Waals surface area (Å²) < 4.78 is 5.89. The number of carbonyl (C=O) groups excluding carboxylic acids is 1. The molecule has 0 aromatic rings. The van der Waals surface area contributed by atoms with E-state index < -0.39 is 5.97 Å². The number of rotatable bonds is 37. The maximum absolute atomic E-state index is 12.6. The third-order valence-electron chi connectivity index (χ3n) is 9.05. The molecule has 278 valence electrons. The zero-order valence-electron chi connectivity index (χ0n) is 31.8. The summed E-state index contributed by atoms with van der Waals surface area (Å²) >= 11 is 0. The van der Waals surface area contributed by atoms with Gasteiger partial charge in [0.25, 0.3) is 0 Å². The first-order valence-corrected chi connectivity index (χ1v) is 20.6. The van der Waals surface area contributed by atoms with Gasteiger partial charge in [-0.25, -0.2) is 0 Å². The van der Waals surface area contributed by atoms with E-state index in [1.807, 2.05) is 0 Å². The molecule has 0 fully saturated rings. The van der Waals surface area contributed by atoms with Gasteiger partial charge >= 0.3 is 11.9 Å². The van der Waals surface area contributed by atoms with Crippen LogP contribution in [0.1, 0.15) is 213 Å². The predicted octanol–water partition coefficient (Wildman–Crippen LogP) is 14.3. The second-order valence-corrected chi connectivity index (χ2v) is 13.8. The summed E-state index contributed by atoms with van der Waals surface area (Å²) in [7, 11) is 0. The van der Waals surface area contributed by atoms with Crippen LogP contribution < -0.4 is 0 Å². The third-order valence-corrected chi connectivity index (χ3v) is 9.05. The fourth-order valence-electron chi connectivity index (χ4n) is 5.99. The fraction of sp³-hybridized carbons (Fsp3) is 0.773. The molecule has 0 aliphatic rings. The Bertz CT molecular complexity index is 809. The van der Waals surface area contributed by atoms with Crippen molar-refractivity contribution in [3.8, 4) is 0 Å². The molecule has 0 spiro atoms. The molecule has 1 N–H and O–H groups in total. The Morgan fingerprint density at radius 1 is 0.458 bits per heavy atom. The van der Waals surface area contributed by atoms with E-state index in [-0.39, 0.29) is 18.5 Å². The molecule has 0 aromatic heterocycles. The average molecular weight is 671 g/mol. The SMILES string of the molecule is CCCCC/C=C\C/C=C\C/C=C\C/C=C\CCCCCC(=O)OC(CCCCCCCCCCCCCCCC)CCCCC(=O)O. The molecular formula is C44H78O4.